The summed E-state index contributed by atoms with van der Waals surface area (Å²) in [6.45, 7) is 11.5. The van der Waals surface area contributed by atoms with Crippen molar-refractivity contribution in [3.8, 4) is 0 Å². The van der Waals surface area contributed by atoms with Gasteiger partial charge in [0.2, 0.25) is 0 Å². The average Bonchev–Trinajstić information content (AvgIpc) is 2.62. The maximum Gasteiger partial charge on any atom is 0.0507 e. The second-order valence-corrected chi connectivity index (χ2v) is 5.65. The van der Waals surface area contributed by atoms with E-state index in [0.717, 1.165) is 25.0 Å². The third kappa shape index (κ3) is 3.44. The quantitative estimate of drug-likeness (QED) is 0.786. The van der Waals surface area contributed by atoms with Gasteiger partial charge >= 0.3 is 0 Å². The molecular formula is C13H26N2O. The Kier molecular flexibility index (Phi) is 4.62. The molecule has 0 aliphatic carbocycles. The molecule has 0 amide bonds. The van der Waals surface area contributed by atoms with Crippen LogP contribution in [0, 0.1) is 11.8 Å². The molecule has 2 heterocycles. The van der Waals surface area contributed by atoms with E-state index in [1.54, 1.807) is 0 Å². The van der Waals surface area contributed by atoms with E-state index in [-0.39, 0.29) is 0 Å². The zero-order valence-electron chi connectivity index (χ0n) is 10.7. The molecular weight excluding hydrogens is 200 g/mol. The third-order valence-corrected chi connectivity index (χ3v) is 3.86. The second-order valence-electron chi connectivity index (χ2n) is 5.65. The molecule has 2 aliphatic rings. The molecule has 0 bridgehead atoms. The van der Waals surface area contributed by atoms with Crippen molar-refractivity contribution in [2.75, 3.05) is 39.4 Å². The lowest BCUT2D eigenvalue weighted by Gasteiger charge is -2.28. The molecule has 3 nitrogen and oxygen atoms in total. The van der Waals surface area contributed by atoms with E-state index in [9.17, 15) is 0 Å². The van der Waals surface area contributed by atoms with Gasteiger partial charge in [0.1, 0.15) is 0 Å². The highest BCUT2D eigenvalue weighted by molar-refractivity contribution is 4.80. The smallest absolute Gasteiger partial charge is 0.0507 e. The van der Waals surface area contributed by atoms with Crippen LogP contribution in [0.4, 0.5) is 0 Å². The molecule has 0 aromatic heterocycles. The van der Waals surface area contributed by atoms with Crippen LogP contribution < -0.4 is 5.32 Å². The van der Waals surface area contributed by atoms with Crippen molar-refractivity contribution in [2.24, 2.45) is 11.8 Å². The van der Waals surface area contributed by atoms with Crippen LogP contribution >= 0.6 is 0 Å². The molecule has 2 aliphatic heterocycles. The number of hydrogen-bond donors (Lipinski definition) is 1. The third-order valence-electron chi connectivity index (χ3n) is 3.86. The first-order valence-corrected chi connectivity index (χ1v) is 6.79. The summed E-state index contributed by atoms with van der Waals surface area (Å²) in [5.74, 6) is 1.52. The van der Waals surface area contributed by atoms with Gasteiger partial charge in [-0.25, -0.2) is 0 Å². The van der Waals surface area contributed by atoms with Gasteiger partial charge in [-0.1, -0.05) is 13.8 Å². The van der Waals surface area contributed by atoms with Gasteiger partial charge < -0.3 is 15.0 Å². The van der Waals surface area contributed by atoms with Crippen molar-refractivity contribution in [2.45, 2.75) is 32.7 Å². The van der Waals surface area contributed by atoms with Gasteiger partial charge in [-0.2, -0.15) is 0 Å². The van der Waals surface area contributed by atoms with Crippen LogP contribution in [0.3, 0.4) is 0 Å². The zero-order valence-corrected chi connectivity index (χ0v) is 10.7. The van der Waals surface area contributed by atoms with Crippen LogP contribution in [0.1, 0.15) is 26.7 Å². The summed E-state index contributed by atoms with van der Waals surface area (Å²) in [6, 6.07) is 0.671. The van der Waals surface area contributed by atoms with Crippen LogP contribution in [0.25, 0.3) is 0 Å². The minimum Gasteiger partial charge on any atom is -0.381 e. The molecule has 2 unspecified atom stereocenters. The molecule has 0 spiro atoms. The maximum atomic E-state index is 5.46. The van der Waals surface area contributed by atoms with E-state index in [2.05, 4.69) is 24.1 Å². The van der Waals surface area contributed by atoms with Crippen LogP contribution in [-0.4, -0.2) is 50.3 Å². The Hall–Kier alpha value is -0.120. The van der Waals surface area contributed by atoms with E-state index in [1.165, 1.54) is 39.0 Å². The summed E-state index contributed by atoms with van der Waals surface area (Å²) in [7, 11) is 0. The molecule has 2 atom stereocenters. The highest BCUT2D eigenvalue weighted by atomic mass is 16.5. The number of nitrogens with one attached hydrogen (secondary N) is 1. The molecule has 0 radical (unpaired) electrons. The fourth-order valence-corrected chi connectivity index (χ4v) is 2.73. The Morgan fingerprint density at radius 3 is 3.00 bits per heavy atom. The fraction of sp³-hybridized carbons (Fsp3) is 1.00. The standard InChI is InChI=1S/C13H26N2O/c1-11(2)13-9-15(6-3-5-14-13)8-12-4-7-16-10-12/h11-14H,3-10H2,1-2H3. The van der Waals surface area contributed by atoms with Crippen LogP contribution in [0.5, 0.6) is 0 Å². The Bertz CT molecular complexity index is 202. The van der Waals surface area contributed by atoms with Crippen LogP contribution in [-0.2, 0) is 4.74 Å². The summed E-state index contributed by atoms with van der Waals surface area (Å²) < 4.78 is 5.46. The van der Waals surface area contributed by atoms with Gasteiger partial charge in [0, 0.05) is 25.7 Å². The Morgan fingerprint density at radius 1 is 1.44 bits per heavy atom. The molecule has 2 rings (SSSR count). The summed E-state index contributed by atoms with van der Waals surface area (Å²) >= 11 is 0. The normalized spacial score (nSPS) is 33.2. The van der Waals surface area contributed by atoms with Gasteiger partial charge in [0.15, 0.2) is 0 Å². The largest absolute Gasteiger partial charge is 0.381 e. The highest BCUT2D eigenvalue weighted by Crippen LogP contribution is 2.16. The predicted molar refractivity (Wildman–Crippen MR) is 66.6 cm³/mol. The van der Waals surface area contributed by atoms with Gasteiger partial charge in [-0.15, -0.1) is 0 Å². The van der Waals surface area contributed by atoms with Crippen molar-refractivity contribution in [3.05, 3.63) is 0 Å². The topological polar surface area (TPSA) is 24.5 Å². The lowest BCUT2D eigenvalue weighted by atomic mass is 10.0. The number of rotatable bonds is 3. The first-order chi connectivity index (χ1) is 7.75. The summed E-state index contributed by atoms with van der Waals surface area (Å²) in [5, 5.41) is 3.66. The molecule has 0 saturated carbocycles. The molecule has 2 fully saturated rings. The zero-order chi connectivity index (χ0) is 11.4. The van der Waals surface area contributed by atoms with Crippen LogP contribution in [0.2, 0.25) is 0 Å². The van der Waals surface area contributed by atoms with Crippen LogP contribution in [0.15, 0.2) is 0 Å². The second kappa shape index (κ2) is 5.99. The van der Waals surface area contributed by atoms with Crippen molar-refractivity contribution in [1.29, 1.82) is 0 Å². The highest BCUT2D eigenvalue weighted by Gasteiger charge is 2.24. The Labute approximate surface area is 99.5 Å². The SMILES string of the molecule is CC(C)C1CN(CC2CCOC2)CCCN1. The summed E-state index contributed by atoms with van der Waals surface area (Å²) in [4.78, 5) is 2.64. The molecule has 94 valence electrons. The van der Waals surface area contributed by atoms with E-state index in [0.29, 0.717) is 6.04 Å². The van der Waals surface area contributed by atoms with Crippen molar-refractivity contribution >= 4 is 0 Å². The first-order valence-electron chi connectivity index (χ1n) is 6.79. The lowest BCUT2D eigenvalue weighted by Crippen LogP contribution is -2.42. The fourth-order valence-electron chi connectivity index (χ4n) is 2.73. The monoisotopic (exact) mass is 226 g/mol. The minimum absolute atomic E-state index is 0.671. The summed E-state index contributed by atoms with van der Waals surface area (Å²) in [5.41, 5.74) is 0. The molecule has 0 aromatic rings. The first kappa shape index (κ1) is 12.3. The van der Waals surface area contributed by atoms with Crippen molar-refractivity contribution < 1.29 is 4.74 Å². The van der Waals surface area contributed by atoms with E-state index >= 15 is 0 Å². The minimum atomic E-state index is 0.671. The molecule has 2 saturated heterocycles. The summed E-state index contributed by atoms with van der Waals surface area (Å²) in [6.07, 6.45) is 2.55. The van der Waals surface area contributed by atoms with E-state index in [4.69, 9.17) is 4.74 Å². The number of nitrogens with zero attached hydrogens (tertiary/aromatic N) is 1. The lowest BCUT2D eigenvalue weighted by molar-refractivity contribution is 0.163. The Morgan fingerprint density at radius 2 is 2.31 bits per heavy atom. The van der Waals surface area contributed by atoms with Crippen molar-refractivity contribution in [3.63, 3.8) is 0 Å². The molecule has 0 aromatic carbocycles. The predicted octanol–water partition coefficient (Wildman–Crippen LogP) is 1.34. The van der Waals surface area contributed by atoms with Gasteiger partial charge in [0.25, 0.3) is 0 Å². The van der Waals surface area contributed by atoms with E-state index in [1.807, 2.05) is 0 Å². The van der Waals surface area contributed by atoms with E-state index < -0.39 is 0 Å². The van der Waals surface area contributed by atoms with Gasteiger partial charge in [0.05, 0.1) is 6.61 Å². The molecule has 3 heteroatoms. The molecule has 1 N–H and O–H groups in total. The van der Waals surface area contributed by atoms with Gasteiger partial charge in [-0.3, -0.25) is 0 Å². The molecule has 16 heavy (non-hydrogen) atoms. The van der Waals surface area contributed by atoms with Crippen molar-refractivity contribution in [1.82, 2.24) is 10.2 Å². The Balaban J connectivity index is 1.82. The van der Waals surface area contributed by atoms with Gasteiger partial charge in [-0.05, 0) is 37.8 Å². The maximum absolute atomic E-state index is 5.46. The number of hydrogen-bond acceptors (Lipinski definition) is 3. The average molecular weight is 226 g/mol. The number of ether oxygens (including phenoxy) is 1.